The van der Waals surface area contributed by atoms with Crippen LogP contribution in [-0.2, 0) is 23.1 Å². The molecule has 4 aromatic rings. The minimum absolute atomic E-state index is 0.183. The lowest BCUT2D eigenvalue weighted by Crippen LogP contribution is -2.32. The Morgan fingerprint density at radius 1 is 1.18 bits per heavy atom. The van der Waals surface area contributed by atoms with Gasteiger partial charge < -0.3 is 23.5 Å². The van der Waals surface area contributed by atoms with Gasteiger partial charge in [-0.1, -0.05) is 0 Å². The number of aromatic nitrogens is 2. The van der Waals surface area contributed by atoms with E-state index in [0.717, 1.165) is 5.52 Å². The molecule has 0 aliphatic rings. The minimum Gasteiger partial charge on any atom is -0.467 e. The van der Waals surface area contributed by atoms with Crippen molar-refractivity contribution < 1.29 is 23.2 Å². The lowest BCUT2D eigenvalue weighted by molar-refractivity contribution is -0.130. The molecule has 0 radical (unpaired) electrons. The first-order valence-electron chi connectivity index (χ1n) is 8.57. The van der Waals surface area contributed by atoms with Crippen LogP contribution in [0.3, 0.4) is 0 Å². The van der Waals surface area contributed by atoms with Gasteiger partial charge in [-0.2, -0.15) is 0 Å². The molecule has 0 aliphatic carbocycles. The number of aryl methyl sites for hydroxylation is 1. The molecule has 4 heterocycles. The third kappa shape index (κ3) is 3.39. The summed E-state index contributed by atoms with van der Waals surface area (Å²) in [5.74, 6) is -0.506. The van der Waals surface area contributed by atoms with Gasteiger partial charge in [-0.3, -0.25) is 9.78 Å². The molecule has 0 fully saturated rings. The Kier molecular flexibility index (Phi) is 4.67. The Balaban J connectivity index is 1.56. The zero-order valence-electron chi connectivity index (χ0n) is 15.0. The molecular weight excluding hydrogens is 362 g/mol. The van der Waals surface area contributed by atoms with Gasteiger partial charge in [0.25, 0.3) is 5.91 Å². The molecule has 4 aromatic heterocycles. The van der Waals surface area contributed by atoms with E-state index >= 15 is 0 Å². The fourth-order valence-corrected chi connectivity index (χ4v) is 2.90. The highest BCUT2D eigenvalue weighted by atomic mass is 16.5. The van der Waals surface area contributed by atoms with E-state index < -0.39 is 18.0 Å². The van der Waals surface area contributed by atoms with Crippen LogP contribution in [0.2, 0.25) is 0 Å². The van der Waals surface area contributed by atoms with E-state index in [1.54, 1.807) is 54.3 Å². The SMILES string of the molecule is Cn1c(C(=O)OC(C(=O)NCc2ccco2)c2ccncc2)cc2occc21. The number of fused-ring (bicyclic) bond motifs is 1. The van der Waals surface area contributed by atoms with Crippen molar-refractivity contribution >= 4 is 23.0 Å². The number of carbonyl (C=O) groups excluding carboxylic acids is 2. The summed E-state index contributed by atoms with van der Waals surface area (Å²) in [7, 11) is 1.73. The van der Waals surface area contributed by atoms with Crippen molar-refractivity contribution in [3.05, 3.63) is 78.3 Å². The first-order chi connectivity index (χ1) is 13.6. The number of hydrogen-bond acceptors (Lipinski definition) is 6. The topological polar surface area (TPSA) is 99.5 Å². The molecule has 0 aliphatic heterocycles. The monoisotopic (exact) mass is 379 g/mol. The van der Waals surface area contributed by atoms with Gasteiger partial charge in [0.05, 0.1) is 24.6 Å². The van der Waals surface area contributed by atoms with E-state index in [1.165, 1.54) is 18.7 Å². The lowest BCUT2D eigenvalue weighted by Gasteiger charge is -2.18. The molecule has 0 bridgehead atoms. The maximum absolute atomic E-state index is 12.8. The summed E-state index contributed by atoms with van der Waals surface area (Å²) in [4.78, 5) is 29.4. The number of rotatable bonds is 6. The van der Waals surface area contributed by atoms with Crippen LogP contribution in [0.4, 0.5) is 0 Å². The van der Waals surface area contributed by atoms with Gasteiger partial charge >= 0.3 is 5.97 Å². The van der Waals surface area contributed by atoms with Gasteiger partial charge in [0.2, 0.25) is 6.10 Å². The third-order valence-corrected chi connectivity index (χ3v) is 4.36. The van der Waals surface area contributed by atoms with Gasteiger partial charge in [0.15, 0.2) is 5.58 Å². The van der Waals surface area contributed by atoms with Crippen molar-refractivity contribution in [1.82, 2.24) is 14.9 Å². The van der Waals surface area contributed by atoms with Crippen molar-refractivity contribution in [1.29, 1.82) is 0 Å². The summed E-state index contributed by atoms with van der Waals surface area (Å²) >= 11 is 0. The largest absolute Gasteiger partial charge is 0.467 e. The van der Waals surface area contributed by atoms with E-state index in [2.05, 4.69) is 10.3 Å². The van der Waals surface area contributed by atoms with Crippen LogP contribution in [0, 0.1) is 0 Å². The molecule has 0 saturated heterocycles. The fraction of sp³-hybridized carbons (Fsp3) is 0.150. The average molecular weight is 379 g/mol. The van der Waals surface area contributed by atoms with E-state index in [-0.39, 0.29) is 12.2 Å². The predicted molar refractivity (Wildman–Crippen MR) is 98.1 cm³/mol. The van der Waals surface area contributed by atoms with Gasteiger partial charge in [0, 0.05) is 37.1 Å². The van der Waals surface area contributed by atoms with Crippen molar-refractivity contribution in [2.75, 3.05) is 0 Å². The molecule has 142 valence electrons. The fourth-order valence-electron chi connectivity index (χ4n) is 2.90. The Labute approximate surface area is 159 Å². The van der Waals surface area contributed by atoms with Crippen LogP contribution < -0.4 is 5.32 Å². The minimum atomic E-state index is -1.13. The molecule has 1 unspecified atom stereocenters. The summed E-state index contributed by atoms with van der Waals surface area (Å²) in [5, 5.41) is 2.72. The summed E-state index contributed by atoms with van der Waals surface area (Å²) < 4.78 is 17.8. The van der Waals surface area contributed by atoms with Crippen LogP contribution in [0.1, 0.15) is 27.9 Å². The second-order valence-electron chi connectivity index (χ2n) is 6.12. The highest BCUT2D eigenvalue weighted by Gasteiger charge is 2.27. The molecule has 1 N–H and O–H groups in total. The first kappa shape index (κ1) is 17.6. The Bertz CT molecular complexity index is 1100. The number of ether oxygens (including phenoxy) is 1. The highest BCUT2D eigenvalue weighted by Crippen LogP contribution is 2.24. The number of furan rings is 2. The molecule has 4 rings (SSSR count). The third-order valence-electron chi connectivity index (χ3n) is 4.36. The summed E-state index contributed by atoms with van der Waals surface area (Å²) in [6.45, 7) is 0.183. The smallest absolute Gasteiger partial charge is 0.356 e. The van der Waals surface area contributed by atoms with Crippen LogP contribution >= 0.6 is 0 Å². The average Bonchev–Trinajstić information content (AvgIpc) is 3.44. The van der Waals surface area contributed by atoms with Crippen LogP contribution in [-0.4, -0.2) is 21.4 Å². The van der Waals surface area contributed by atoms with E-state index in [0.29, 0.717) is 16.9 Å². The normalized spacial score (nSPS) is 12.0. The first-order valence-corrected chi connectivity index (χ1v) is 8.57. The number of carbonyl (C=O) groups is 2. The molecule has 0 spiro atoms. The molecule has 1 amide bonds. The number of amides is 1. The molecule has 28 heavy (non-hydrogen) atoms. The predicted octanol–water partition coefficient (Wildman–Crippen LogP) is 2.97. The zero-order chi connectivity index (χ0) is 19.5. The number of nitrogens with zero attached hydrogens (tertiary/aromatic N) is 2. The van der Waals surface area contributed by atoms with E-state index in [1.807, 2.05) is 0 Å². The quantitative estimate of drug-likeness (QED) is 0.517. The standard InChI is InChI=1S/C20H17N3O5/c1-23-15-6-10-27-17(15)11-16(23)20(25)28-18(13-4-7-21-8-5-13)19(24)22-12-14-3-2-9-26-14/h2-11,18H,12H2,1H3,(H,22,24). The second-order valence-corrected chi connectivity index (χ2v) is 6.12. The Morgan fingerprint density at radius 2 is 2.00 bits per heavy atom. The van der Waals surface area contributed by atoms with Crippen LogP contribution in [0.15, 0.2) is 70.2 Å². The summed E-state index contributed by atoms with van der Waals surface area (Å²) in [6.07, 6.45) is 5.00. The lowest BCUT2D eigenvalue weighted by atomic mass is 10.1. The van der Waals surface area contributed by atoms with Crippen LogP contribution in [0.25, 0.3) is 11.1 Å². The van der Waals surface area contributed by atoms with Gasteiger partial charge in [-0.25, -0.2) is 4.79 Å². The number of pyridine rings is 1. The number of hydrogen-bond donors (Lipinski definition) is 1. The van der Waals surface area contributed by atoms with E-state index in [9.17, 15) is 9.59 Å². The molecule has 0 aromatic carbocycles. The molecular formula is C20H17N3O5. The summed E-state index contributed by atoms with van der Waals surface area (Å²) in [5.41, 5.74) is 2.12. The van der Waals surface area contributed by atoms with Crippen molar-refractivity contribution in [2.45, 2.75) is 12.6 Å². The highest BCUT2D eigenvalue weighted by molar-refractivity contribution is 5.95. The maximum Gasteiger partial charge on any atom is 0.356 e. The van der Waals surface area contributed by atoms with Gasteiger partial charge in [-0.05, 0) is 24.3 Å². The molecule has 0 saturated carbocycles. The molecule has 8 nitrogen and oxygen atoms in total. The zero-order valence-corrected chi connectivity index (χ0v) is 15.0. The van der Waals surface area contributed by atoms with Gasteiger partial charge in [0.1, 0.15) is 11.5 Å². The Hall–Kier alpha value is -3.81. The van der Waals surface area contributed by atoms with Crippen molar-refractivity contribution in [3.8, 4) is 0 Å². The maximum atomic E-state index is 12.8. The second kappa shape index (κ2) is 7.43. The Morgan fingerprint density at radius 3 is 2.71 bits per heavy atom. The van der Waals surface area contributed by atoms with E-state index in [4.69, 9.17) is 13.6 Å². The van der Waals surface area contributed by atoms with Crippen molar-refractivity contribution in [2.24, 2.45) is 7.05 Å². The number of nitrogens with one attached hydrogen (secondary N) is 1. The molecule has 8 heteroatoms. The molecule has 1 atom stereocenters. The van der Waals surface area contributed by atoms with Crippen LogP contribution in [0.5, 0.6) is 0 Å². The number of esters is 1. The summed E-state index contributed by atoms with van der Waals surface area (Å²) in [6, 6.07) is 10.1. The van der Waals surface area contributed by atoms with Gasteiger partial charge in [-0.15, -0.1) is 0 Å². The van der Waals surface area contributed by atoms with Crippen molar-refractivity contribution in [3.63, 3.8) is 0 Å².